The second-order valence-corrected chi connectivity index (χ2v) is 4.83. The Morgan fingerprint density at radius 3 is 2.79 bits per heavy atom. The van der Waals surface area contributed by atoms with E-state index in [1.807, 2.05) is 13.8 Å². The fourth-order valence-corrected chi connectivity index (χ4v) is 1.63. The molecule has 0 unspecified atom stereocenters. The van der Waals surface area contributed by atoms with Crippen molar-refractivity contribution in [2.45, 2.75) is 19.4 Å². The standard InChI is InChI=1S/C9H13ClN2OS/c1-9(2,5-10)12(3)8(13)7-4-11-6-14-7/h4,6H,5H2,1-3H3. The minimum atomic E-state index is -0.331. The molecule has 0 atom stereocenters. The van der Waals surface area contributed by atoms with Crippen LogP contribution in [0.3, 0.4) is 0 Å². The van der Waals surface area contributed by atoms with Gasteiger partial charge in [-0.3, -0.25) is 9.78 Å². The number of amides is 1. The highest BCUT2D eigenvalue weighted by molar-refractivity contribution is 7.11. The normalized spacial score (nSPS) is 11.4. The number of thiazole rings is 1. The van der Waals surface area contributed by atoms with E-state index in [0.717, 1.165) is 0 Å². The first-order valence-corrected chi connectivity index (χ1v) is 5.63. The molecule has 0 spiro atoms. The summed E-state index contributed by atoms with van der Waals surface area (Å²) < 4.78 is 0. The molecule has 1 heterocycles. The van der Waals surface area contributed by atoms with Crippen molar-refractivity contribution in [1.29, 1.82) is 0 Å². The lowest BCUT2D eigenvalue weighted by atomic mass is 10.1. The van der Waals surface area contributed by atoms with Crippen molar-refractivity contribution >= 4 is 28.8 Å². The lowest BCUT2D eigenvalue weighted by Gasteiger charge is -2.33. The molecule has 78 valence electrons. The van der Waals surface area contributed by atoms with Gasteiger partial charge in [-0.2, -0.15) is 0 Å². The largest absolute Gasteiger partial charge is 0.335 e. The molecule has 0 bridgehead atoms. The summed E-state index contributed by atoms with van der Waals surface area (Å²) in [4.78, 5) is 18.0. The van der Waals surface area contributed by atoms with Crippen molar-refractivity contribution in [3.05, 3.63) is 16.6 Å². The fourth-order valence-electron chi connectivity index (χ4n) is 0.851. The van der Waals surface area contributed by atoms with Crippen LogP contribution in [0.25, 0.3) is 0 Å². The Morgan fingerprint density at radius 1 is 1.71 bits per heavy atom. The molecule has 0 aliphatic rings. The molecule has 14 heavy (non-hydrogen) atoms. The van der Waals surface area contributed by atoms with Crippen LogP contribution < -0.4 is 0 Å². The van der Waals surface area contributed by atoms with E-state index >= 15 is 0 Å². The third kappa shape index (κ3) is 2.25. The van der Waals surface area contributed by atoms with Crippen LogP contribution in [0, 0.1) is 0 Å². The smallest absolute Gasteiger partial charge is 0.265 e. The maximum absolute atomic E-state index is 11.8. The van der Waals surface area contributed by atoms with Gasteiger partial charge in [-0.1, -0.05) is 0 Å². The lowest BCUT2D eigenvalue weighted by molar-refractivity contribution is 0.0665. The van der Waals surface area contributed by atoms with Crippen LogP contribution in [0.2, 0.25) is 0 Å². The average molecular weight is 233 g/mol. The van der Waals surface area contributed by atoms with Gasteiger partial charge in [-0.05, 0) is 13.8 Å². The van der Waals surface area contributed by atoms with Gasteiger partial charge in [0.1, 0.15) is 4.88 Å². The molecule has 0 aromatic carbocycles. The molecule has 1 aromatic heterocycles. The maximum Gasteiger partial charge on any atom is 0.265 e. The van der Waals surface area contributed by atoms with Crippen molar-refractivity contribution in [3.63, 3.8) is 0 Å². The number of carbonyl (C=O) groups excluding carboxylic acids is 1. The third-order valence-electron chi connectivity index (χ3n) is 2.18. The first kappa shape index (κ1) is 11.5. The van der Waals surface area contributed by atoms with Crippen LogP contribution in [0.4, 0.5) is 0 Å². The summed E-state index contributed by atoms with van der Waals surface area (Å²) in [6.07, 6.45) is 1.58. The highest BCUT2D eigenvalue weighted by Gasteiger charge is 2.27. The van der Waals surface area contributed by atoms with Crippen LogP contribution in [0.5, 0.6) is 0 Å². The summed E-state index contributed by atoms with van der Waals surface area (Å²) in [6, 6.07) is 0. The van der Waals surface area contributed by atoms with Crippen LogP contribution in [-0.4, -0.2) is 34.3 Å². The van der Waals surface area contributed by atoms with E-state index in [9.17, 15) is 4.79 Å². The topological polar surface area (TPSA) is 33.2 Å². The summed E-state index contributed by atoms with van der Waals surface area (Å²) in [5.74, 6) is 0.381. The number of halogens is 1. The number of hydrogen-bond acceptors (Lipinski definition) is 3. The summed E-state index contributed by atoms with van der Waals surface area (Å²) in [6.45, 7) is 3.86. The van der Waals surface area contributed by atoms with Crippen LogP contribution in [0.15, 0.2) is 11.7 Å². The zero-order chi connectivity index (χ0) is 10.8. The molecule has 0 fully saturated rings. The van der Waals surface area contributed by atoms with E-state index in [1.54, 1.807) is 23.7 Å². The third-order valence-corrected chi connectivity index (χ3v) is 3.60. The molecule has 0 saturated heterocycles. The Hall–Kier alpha value is -0.610. The van der Waals surface area contributed by atoms with E-state index in [1.165, 1.54) is 11.3 Å². The summed E-state index contributed by atoms with van der Waals surface area (Å²) in [7, 11) is 1.75. The van der Waals surface area contributed by atoms with E-state index in [2.05, 4.69) is 4.98 Å². The minimum absolute atomic E-state index is 0.0295. The number of nitrogens with zero attached hydrogens (tertiary/aromatic N) is 2. The predicted octanol–water partition coefficient (Wildman–Crippen LogP) is 2.23. The molecule has 0 N–H and O–H groups in total. The van der Waals surface area contributed by atoms with Crippen molar-refractivity contribution in [2.24, 2.45) is 0 Å². The van der Waals surface area contributed by atoms with Crippen LogP contribution in [-0.2, 0) is 0 Å². The van der Waals surface area contributed by atoms with Gasteiger partial charge >= 0.3 is 0 Å². The monoisotopic (exact) mass is 232 g/mol. The Bertz CT molecular complexity index is 311. The highest BCUT2D eigenvalue weighted by Crippen LogP contribution is 2.18. The molecule has 1 aromatic rings. The number of rotatable bonds is 3. The van der Waals surface area contributed by atoms with E-state index in [4.69, 9.17) is 11.6 Å². The predicted molar refractivity (Wildman–Crippen MR) is 59.0 cm³/mol. The molecule has 1 rings (SSSR count). The van der Waals surface area contributed by atoms with Crippen molar-refractivity contribution in [1.82, 2.24) is 9.88 Å². The molecule has 0 aliphatic carbocycles. The van der Waals surface area contributed by atoms with Gasteiger partial charge in [0, 0.05) is 12.9 Å². The molecule has 3 nitrogen and oxygen atoms in total. The quantitative estimate of drug-likeness (QED) is 0.749. The fraction of sp³-hybridized carbons (Fsp3) is 0.556. The van der Waals surface area contributed by atoms with E-state index in [0.29, 0.717) is 10.8 Å². The average Bonchev–Trinajstić information content (AvgIpc) is 2.68. The number of aromatic nitrogens is 1. The number of hydrogen-bond donors (Lipinski definition) is 0. The first-order chi connectivity index (χ1) is 6.49. The molecule has 0 radical (unpaired) electrons. The van der Waals surface area contributed by atoms with Crippen molar-refractivity contribution < 1.29 is 4.79 Å². The molecule has 0 saturated carbocycles. The lowest BCUT2D eigenvalue weighted by Crippen LogP contribution is -2.46. The second kappa shape index (κ2) is 4.28. The van der Waals surface area contributed by atoms with Gasteiger partial charge in [0.15, 0.2) is 0 Å². The highest BCUT2D eigenvalue weighted by atomic mass is 35.5. The molecule has 1 amide bonds. The van der Waals surface area contributed by atoms with Gasteiger partial charge in [-0.25, -0.2) is 0 Å². The molecule has 5 heteroatoms. The zero-order valence-electron chi connectivity index (χ0n) is 8.45. The van der Waals surface area contributed by atoms with Gasteiger partial charge < -0.3 is 4.90 Å². The first-order valence-electron chi connectivity index (χ1n) is 4.21. The second-order valence-electron chi connectivity index (χ2n) is 3.68. The summed E-state index contributed by atoms with van der Waals surface area (Å²) in [5.41, 5.74) is 1.32. The Morgan fingerprint density at radius 2 is 2.36 bits per heavy atom. The SMILES string of the molecule is CN(C(=O)c1cncs1)C(C)(C)CCl. The Balaban J connectivity index is 2.81. The Labute approximate surface area is 92.7 Å². The summed E-state index contributed by atoms with van der Waals surface area (Å²) in [5, 5.41) is 0. The van der Waals surface area contributed by atoms with Crippen LogP contribution in [0.1, 0.15) is 23.5 Å². The molecular weight excluding hydrogens is 220 g/mol. The van der Waals surface area contributed by atoms with E-state index in [-0.39, 0.29) is 11.4 Å². The minimum Gasteiger partial charge on any atom is -0.335 e. The zero-order valence-corrected chi connectivity index (χ0v) is 10.0. The Kier molecular flexibility index (Phi) is 3.50. The number of carbonyl (C=O) groups is 1. The van der Waals surface area contributed by atoms with Gasteiger partial charge in [0.05, 0.1) is 17.2 Å². The van der Waals surface area contributed by atoms with Gasteiger partial charge in [0.2, 0.25) is 0 Å². The van der Waals surface area contributed by atoms with Gasteiger partial charge in [0.25, 0.3) is 5.91 Å². The maximum atomic E-state index is 11.8. The molecular formula is C9H13ClN2OS. The van der Waals surface area contributed by atoms with Gasteiger partial charge in [-0.15, -0.1) is 22.9 Å². The van der Waals surface area contributed by atoms with Crippen molar-refractivity contribution in [3.8, 4) is 0 Å². The summed E-state index contributed by atoms with van der Waals surface area (Å²) >= 11 is 7.13. The number of alkyl halides is 1. The van der Waals surface area contributed by atoms with Crippen molar-refractivity contribution in [2.75, 3.05) is 12.9 Å². The van der Waals surface area contributed by atoms with Crippen LogP contribution >= 0.6 is 22.9 Å². The van der Waals surface area contributed by atoms with E-state index < -0.39 is 0 Å². The molecule has 0 aliphatic heterocycles.